The predicted molar refractivity (Wildman–Crippen MR) is 131 cm³/mol. The summed E-state index contributed by atoms with van der Waals surface area (Å²) in [6.07, 6.45) is 3.26. The minimum absolute atomic E-state index is 0.190. The fourth-order valence-corrected chi connectivity index (χ4v) is 4.73. The normalized spacial score (nSPS) is 12.2. The molecule has 0 heterocycles. The first kappa shape index (κ1) is 25.5. The summed E-state index contributed by atoms with van der Waals surface area (Å²) in [5.74, 6) is -0.250. The van der Waals surface area contributed by atoms with Gasteiger partial charge < -0.3 is 10.1 Å². The van der Waals surface area contributed by atoms with Crippen LogP contribution in [0.2, 0.25) is 0 Å². The standard InChI is InChI=1S/C22H27BrN2O4S2/c1-3-4-5-20(25-31(27,28)19-13-9-17(23)10-14-19)22(30)24-18-11-6-16(7-12-18)8-15-21(26)29-2/h6-7,9-14,20,25H,3-5,8,15H2,1-2H3,(H,24,30)/t20-/m0/s1. The van der Waals surface area contributed by atoms with Gasteiger partial charge in [0.15, 0.2) is 0 Å². The van der Waals surface area contributed by atoms with E-state index in [0.29, 0.717) is 24.3 Å². The lowest BCUT2D eigenvalue weighted by molar-refractivity contribution is -0.140. The number of rotatable bonds is 11. The highest BCUT2D eigenvalue weighted by Crippen LogP contribution is 2.17. The molecule has 0 saturated heterocycles. The summed E-state index contributed by atoms with van der Waals surface area (Å²) >= 11 is 8.85. The molecule has 0 aromatic heterocycles. The molecule has 168 valence electrons. The monoisotopic (exact) mass is 526 g/mol. The van der Waals surface area contributed by atoms with Crippen LogP contribution in [0.1, 0.15) is 38.2 Å². The molecular weight excluding hydrogens is 500 g/mol. The van der Waals surface area contributed by atoms with Crippen molar-refractivity contribution in [2.24, 2.45) is 0 Å². The van der Waals surface area contributed by atoms with Crippen LogP contribution in [-0.2, 0) is 26.0 Å². The number of hydrogen-bond acceptors (Lipinski definition) is 5. The molecule has 0 amide bonds. The summed E-state index contributed by atoms with van der Waals surface area (Å²) in [4.78, 5) is 11.9. The Morgan fingerprint density at radius 3 is 2.35 bits per heavy atom. The molecule has 2 aromatic rings. The number of sulfonamides is 1. The zero-order valence-electron chi connectivity index (χ0n) is 17.6. The van der Waals surface area contributed by atoms with Gasteiger partial charge in [-0.15, -0.1) is 0 Å². The minimum Gasteiger partial charge on any atom is -0.469 e. The lowest BCUT2D eigenvalue weighted by Gasteiger charge is -2.21. The number of anilines is 1. The molecule has 1 atom stereocenters. The molecule has 2 rings (SSSR count). The fourth-order valence-electron chi connectivity index (χ4n) is 2.85. The highest BCUT2D eigenvalue weighted by molar-refractivity contribution is 9.10. The van der Waals surface area contributed by atoms with E-state index in [1.54, 1.807) is 24.3 Å². The number of benzene rings is 2. The highest BCUT2D eigenvalue weighted by Gasteiger charge is 2.23. The molecular formula is C22H27BrN2O4S2. The zero-order chi connectivity index (χ0) is 22.9. The van der Waals surface area contributed by atoms with Crippen molar-refractivity contribution >= 4 is 54.8 Å². The Balaban J connectivity index is 2.07. The minimum atomic E-state index is -3.71. The number of thiocarbonyl (C=S) groups is 1. The maximum absolute atomic E-state index is 12.8. The Kier molecular flexibility index (Phi) is 10.1. The van der Waals surface area contributed by atoms with Crippen LogP contribution in [0.3, 0.4) is 0 Å². The average molecular weight is 528 g/mol. The van der Waals surface area contributed by atoms with Gasteiger partial charge in [-0.25, -0.2) is 13.1 Å². The second kappa shape index (κ2) is 12.3. The van der Waals surface area contributed by atoms with Gasteiger partial charge in [0, 0.05) is 16.6 Å². The van der Waals surface area contributed by atoms with E-state index in [0.717, 1.165) is 28.6 Å². The van der Waals surface area contributed by atoms with Crippen molar-refractivity contribution in [2.45, 2.75) is 50.0 Å². The van der Waals surface area contributed by atoms with E-state index >= 15 is 0 Å². The maximum Gasteiger partial charge on any atom is 0.305 e. The maximum atomic E-state index is 12.8. The Bertz CT molecular complexity index is 978. The van der Waals surface area contributed by atoms with E-state index < -0.39 is 16.1 Å². The van der Waals surface area contributed by atoms with Gasteiger partial charge in [0.1, 0.15) is 0 Å². The van der Waals surface area contributed by atoms with Crippen LogP contribution in [0, 0.1) is 0 Å². The third-order valence-electron chi connectivity index (χ3n) is 4.65. The largest absolute Gasteiger partial charge is 0.469 e. The number of carbonyl (C=O) groups excluding carboxylic acids is 1. The third-order valence-corrected chi connectivity index (χ3v) is 7.05. The van der Waals surface area contributed by atoms with Gasteiger partial charge in [-0.1, -0.05) is 60.0 Å². The number of unbranched alkanes of at least 4 members (excludes halogenated alkanes) is 1. The number of hydrogen-bond donors (Lipinski definition) is 2. The van der Waals surface area contributed by atoms with Crippen LogP contribution >= 0.6 is 28.1 Å². The van der Waals surface area contributed by atoms with Gasteiger partial charge in [-0.2, -0.15) is 0 Å². The fraction of sp³-hybridized carbons (Fsp3) is 0.364. The van der Waals surface area contributed by atoms with E-state index in [-0.39, 0.29) is 10.9 Å². The lowest BCUT2D eigenvalue weighted by Crippen LogP contribution is -2.42. The quantitative estimate of drug-likeness (QED) is 0.322. The number of aryl methyl sites for hydroxylation is 1. The van der Waals surface area contributed by atoms with Crippen molar-refractivity contribution in [2.75, 3.05) is 12.4 Å². The topological polar surface area (TPSA) is 84.5 Å². The van der Waals surface area contributed by atoms with E-state index in [4.69, 9.17) is 12.2 Å². The second-order valence-corrected chi connectivity index (χ2v) is 10.1. The molecule has 0 spiro atoms. The molecule has 0 fully saturated rings. The molecule has 31 heavy (non-hydrogen) atoms. The van der Waals surface area contributed by atoms with E-state index in [2.05, 4.69) is 30.7 Å². The first-order valence-corrected chi connectivity index (χ1v) is 12.7. The number of methoxy groups -OCH3 is 1. The van der Waals surface area contributed by atoms with E-state index in [1.807, 2.05) is 31.2 Å². The molecule has 9 heteroatoms. The van der Waals surface area contributed by atoms with Gasteiger partial charge in [0.25, 0.3) is 0 Å². The summed E-state index contributed by atoms with van der Waals surface area (Å²) in [6.45, 7) is 2.05. The Labute approximate surface area is 197 Å². The Hall–Kier alpha value is -1.81. The van der Waals surface area contributed by atoms with Crippen molar-refractivity contribution in [3.05, 3.63) is 58.6 Å². The van der Waals surface area contributed by atoms with Gasteiger partial charge in [0.2, 0.25) is 10.0 Å². The number of esters is 1. The molecule has 0 aliphatic heterocycles. The summed E-state index contributed by atoms with van der Waals surface area (Å²) in [5.41, 5.74) is 1.76. The van der Waals surface area contributed by atoms with E-state index in [1.165, 1.54) is 7.11 Å². The van der Waals surface area contributed by atoms with Crippen LogP contribution in [0.5, 0.6) is 0 Å². The van der Waals surface area contributed by atoms with Crippen molar-refractivity contribution < 1.29 is 17.9 Å². The first-order chi connectivity index (χ1) is 14.7. The van der Waals surface area contributed by atoms with Gasteiger partial charge in [-0.05, 0) is 54.8 Å². The number of nitrogens with one attached hydrogen (secondary N) is 2. The second-order valence-electron chi connectivity index (χ2n) is 7.03. The van der Waals surface area contributed by atoms with Crippen molar-refractivity contribution in [3.8, 4) is 0 Å². The smallest absolute Gasteiger partial charge is 0.305 e. The first-order valence-electron chi connectivity index (χ1n) is 9.99. The molecule has 0 aliphatic rings. The molecule has 2 aromatic carbocycles. The van der Waals surface area contributed by atoms with Gasteiger partial charge in [0.05, 0.1) is 23.0 Å². The Morgan fingerprint density at radius 1 is 1.13 bits per heavy atom. The number of halogens is 1. The zero-order valence-corrected chi connectivity index (χ0v) is 20.8. The summed E-state index contributed by atoms with van der Waals surface area (Å²) in [5, 5.41) is 3.14. The lowest BCUT2D eigenvalue weighted by atomic mass is 10.1. The summed E-state index contributed by atoms with van der Waals surface area (Å²) in [7, 11) is -2.34. The van der Waals surface area contributed by atoms with Crippen LogP contribution in [-0.4, -0.2) is 32.5 Å². The molecule has 0 saturated carbocycles. The molecule has 0 bridgehead atoms. The van der Waals surface area contributed by atoms with Crippen LogP contribution in [0.25, 0.3) is 0 Å². The van der Waals surface area contributed by atoms with E-state index in [9.17, 15) is 13.2 Å². The average Bonchev–Trinajstić information content (AvgIpc) is 2.76. The van der Waals surface area contributed by atoms with Gasteiger partial charge >= 0.3 is 5.97 Å². The summed E-state index contributed by atoms with van der Waals surface area (Å²) < 4.78 is 33.8. The molecule has 0 radical (unpaired) electrons. The molecule has 0 unspecified atom stereocenters. The van der Waals surface area contributed by atoms with Gasteiger partial charge in [-0.3, -0.25) is 4.79 Å². The van der Waals surface area contributed by atoms with Crippen molar-refractivity contribution in [3.63, 3.8) is 0 Å². The SMILES string of the molecule is CCCC[C@H](NS(=O)(=O)c1ccc(Br)cc1)C(=S)Nc1ccc(CCC(=O)OC)cc1. The number of carbonyl (C=O) groups is 1. The highest BCUT2D eigenvalue weighted by atomic mass is 79.9. The third kappa shape index (κ3) is 8.33. The van der Waals surface area contributed by atoms with Crippen LogP contribution in [0.4, 0.5) is 5.69 Å². The van der Waals surface area contributed by atoms with Crippen LogP contribution in [0.15, 0.2) is 57.9 Å². The summed E-state index contributed by atoms with van der Waals surface area (Å²) in [6, 6.07) is 13.5. The molecule has 2 N–H and O–H groups in total. The van der Waals surface area contributed by atoms with Crippen molar-refractivity contribution in [1.29, 1.82) is 0 Å². The molecule has 6 nitrogen and oxygen atoms in total. The predicted octanol–water partition coefficient (Wildman–Crippen LogP) is 4.83. The number of ether oxygens (including phenoxy) is 1. The van der Waals surface area contributed by atoms with Crippen molar-refractivity contribution in [1.82, 2.24) is 4.72 Å². The Morgan fingerprint density at radius 2 is 1.77 bits per heavy atom. The van der Waals surface area contributed by atoms with Crippen LogP contribution < -0.4 is 10.0 Å². The molecule has 0 aliphatic carbocycles.